The van der Waals surface area contributed by atoms with Crippen molar-refractivity contribution in [2.75, 3.05) is 0 Å². The van der Waals surface area contributed by atoms with E-state index in [4.69, 9.17) is 0 Å². The summed E-state index contributed by atoms with van der Waals surface area (Å²) in [6.45, 7) is 41.1. The van der Waals surface area contributed by atoms with Crippen LogP contribution in [0.4, 0.5) is 0 Å². The van der Waals surface area contributed by atoms with E-state index in [1.54, 1.807) is 39.8 Å². The molecule has 0 spiro atoms. The minimum absolute atomic E-state index is 0.416. The van der Waals surface area contributed by atoms with E-state index >= 15 is 0 Å². The largest absolute Gasteiger partial charge is 0.390 e. The van der Waals surface area contributed by atoms with Crippen LogP contribution >= 0.6 is 11.3 Å². The van der Waals surface area contributed by atoms with Crippen LogP contribution in [-0.2, 0) is 32.6 Å². The van der Waals surface area contributed by atoms with Crippen molar-refractivity contribution in [3.05, 3.63) is 149 Å². The lowest BCUT2D eigenvalue weighted by Crippen LogP contribution is -2.36. The van der Waals surface area contributed by atoms with Gasteiger partial charge in [0.2, 0.25) is 0 Å². The lowest BCUT2D eigenvalue weighted by Gasteiger charge is -2.44. The monoisotopic (exact) mass is 1740 g/mol. The number of aryl methyl sites for hydroxylation is 1. The first-order valence-corrected chi connectivity index (χ1v) is 51.1. The van der Waals surface area contributed by atoms with E-state index in [0.29, 0.717) is 27.6 Å². The Labute approximate surface area is 764 Å². The Bertz CT molecular complexity index is 4410. The summed E-state index contributed by atoms with van der Waals surface area (Å²) in [6, 6.07) is 20.3. The number of fused-ring (bicyclic) bond motifs is 4. The summed E-state index contributed by atoms with van der Waals surface area (Å²) >= 11 is 1.71. The topological polar surface area (TPSA) is 217 Å². The number of unbranched alkanes of at least 4 members (excludes halogenated alkanes) is 2. The minimum atomic E-state index is -0.541. The van der Waals surface area contributed by atoms with Gasteiger partial charge in [-0.05, 0) is 339 Å². The molecule has 6 heterocycles. The third kappa shape index (κ3) is 26.4. The number of benzene rings is 1. The number of pyridine rings is 1. The first kappa shape index (κ1) is 98.5. The Hall–Kier alpha value is -6.57. The molecule has 6 aromatic heterocycles. The van der Waals surface area contributed by atoms with Crippen LogP contribution in [0.5, 0.6) is 0 Å². The molecule has 8 fully saturated rings. The molecule has 0 bridgehead atoms. The summed E-state index contributed by atoms with van der Waals surface area (Å²) in [5.41, 5.74) is 12.1. The number of aliphatic hydroxyl groups is 4. The lowest BCUT2D eigenvalue weighted by molar-refractivity contribution is 0.0589. The number of rotatable bonds is 35. The lowest BCUT2D eigenvalue weighted by atomic mass is 9.60. The Morgan fingerprint density at radius 3 is 1.10 bits per heavy atom. The molecule has 17 nitrogen and oxygen atoms in total. The average molecular weight is 1740 g/mol. The van der Waals surface area contributed by atoms with E-state index in [1.807, 2.05) is 117 Å². The van der Waals surface area contributed by atoms with Gasteiger partial charge >= 0.3 is 0 Å². The number of hydrogen-bond acceptors (Lipinski definition) is 14. The third-order valence-corrected chi connectivity index (χ3v) is 33.8. The van der Waals surface area contributed by atoms with Crippen LogP contribution in [-0.4, -0.2) is 108 Å². The van der Waals surface area contributed by atoms with Gasteiger partial charge in [-0.2, -0.15) is 0 Å². The Kier molecular flexibility index (Phi) is 34.5. The van der Waals surface area contributed by atoms with Gasteiger partial charge in [0.25, 0.3) is 0 Å². The molecule has 694 valence electrons. The summed E-state index contributed by atoms with van der Waals surface area (Å²) in [7, 11) is 0. The van der Waals surface area contributed by atoms with E-state index in [-0.39, 0.29) is 0 Å². The van der Waals surface area contributed by atoms with Crippen molar-refractivity contribution in [3.63, 3.8) is 0 Å². The van der Waals surface area contributed by atoms with Gasteiger partial charge in [-0.15, -0.1) is 31.7 Å². The molecular formula is C108H167N13O4S. The average Bonchev–Trinajstić information content (AvgIpc) is 1.62. The van der Waals surface area contributed by atoms with Gasteiger partial charge in [0, 0.05) is 18.0 Å². The molecule has 4 N–H and O–H groups in total. The van der Waals surface area contributed by atoms with Gasteiger partial charge in [0.05, 0.1) is 83.4 Å². The van der Waals surface area contributed by atoms with E-state index in [1.165, 1.54) is 178 Å². The summed E-state index contributed by atoms with van der Waals surface area (Å²) < 4.78 is 7.94. The molecule has 0 unspecified atom stereocenters. The molecule has 8 aliphatic rings. The van der Waals surface area contributed by atoms with Crippen molar-refractivity contribution in [1.29, 1.82) is 0 Å². The highest BCUT2D eigenvalue weighted by Gasteiger charge is 2.55. The van der Waals surface area contributed by atoms with Gasteiger partial charge in [-0.25, -0.2) is 18.7 Å². The van der Waals surface area contributed by atoms with E-state index < -0.39 is 22.4 Å². The molecule has 8 aliphatic carbocycles. The minimum Gasteiger partial charge on any atom is -0.390 e. The van der Waals surface area contributed by atoms with Crippen molar-refractivity contribution in [1.82, 2.24) is 65.0 Å². The van der Waals surface area contributed by atoms with Gasteiger partial charge in [-0.1, -0.05) is 236 Å². The van der Waals surface area contributed by atoms with Gasteiger partial charge in [0.1, 0.15) is 17.1 Å². The summed E-state index contributed by atoms with van der Waals surface area (Å²) in [6.07, 6.45) is 64.2. The highest BCUT2D eigenvalue weighted by Crippen LogP contribution is 2.64. The van der Waals surface area contributed by atoms with Crippen molar-refractivity contribution in [2.45, 2.75) is 397 Å². The molecule has 0 amide bonds. The maximum absolute atomic E-state index is 10.1. The predicted molar refractivity (Wildman–Crippen MR) is 518 cm³/mol. The fraction of sp³-hybridized carbons (Fsp3) is 0.713. The van der Waals surface area contributed by atoms with Crippen molar-refractivity contribution < 1.29 is 20.4 Å². The maximum Gasteiger partial charge on any atom is 0.131 e. The van der Waals surface area contributed by atoms with Crippen molar-refractivity contribution >= 4 is 11.3 Å². The fourth-order valence-electron chi connectivity index (χ4n) is 26.3. The van der Waals surface area contributed by atoms with Crippen LogP contribution in [0.1, 0.15) is 348 Å². The number of allylic oxidation sites excluding steroid dienone is 8. The van der Waals surface area contributed by atoms with Crippen LogP contribution < -0.4 is 0 Å². The normalized spacial score (nSPS) is 28.4. The van der Waals surface area contributed by atoms with Crippen molar-refractivity contribution in [2.24, 2.45) is 92.7 Å². The molecule has 8 saturated carbocycles. The zero-order valence-electron chi connectivity index (χ0n) is 81.3. The summed E-state index contributed by atoms with van der Waals surface area (Å²) in [4.78, 5) is 5.56. The molecule has 0 saturated heterocycles. The van der Waals surface area contributed by atoms with E-state index in [9.17, 15) is 20.4 Å². The quantitative estimate of drug-likeness (QED) is 0.0215. The molecule has 16 atom stereocenters. The second kappa shape index (κ2) is 44.1. The first-order valence-electron chi connectivity index (χ1n) is 50.3. The SMILES string of the molecule is CCCCCc1cn(C/C=C2\CCC[C@]3(C)[C@@H]([C@H](C)CCCC(C)(C)O)CC[C@@H]23)nn1.C[C@H](CCCC(C)(C)O)[C@H]1CC[C@H]2/C(=C/Cn3cc(-c4ccccc4)nn3)CCC[C@]12C.C[C@H](CCCC(C)(C)O)[C@H]1CC[C@H]2/C(=C/Cn3cc(-c4ccccn4)nn3)CCC[C@]12C.C[C@H](CCCC(C)(C)O)[C@H]1CC[C@H]2/C(=C/Cn3cc(-c4cccs4)nn3)CCC[C@]12C. The molecule has 126 heavy (non-hydrogen) atoms. The summed E-state index contributed by atoms with van der Waals surface area (Å²) in [5, 5.41) is 77.2. The van der Waals surface area contributed by atoms with Crippen LogP contribution in [0.3, 0.4) is 0 Å². The predicted octanol–water partition coefficient (Wildman–Crippen LogP) is 26.2. The van der Waals surface area contributed by atoms with Crippen LogP contribution in [0.2, 0.25) is 0 Å². The Balaban J connectivity index is 0.000000153. The zero-order valence-corrected chi connectivity index (χ0v) is 82.1. The smallest absolute Gasteiger partial charge is 0.131 e. The van der Waals surface area contributed by atoms with E-state index in [0.717, 1.165) is 183 Å². The second-order valence-corrected chi connectivity index (χ2v) is 45.6. The molecule has 0 aliphatic heterocycles. The fourth-order valence-corrected chi connectivity index (χ4v) is 27.0. The van der Waals surface area contributed by atoms with Gasteiger partial charge in [-0.3, -0.25) is 4.98 Å². The Morgan fingerprint density at radius 2 is 0.746 bits per heavy atom. The molecular weight excluding hydrogens is 1580 g/mol. The highest BCUT2D eigenvalue weighted by atomic mass is 32.1. The van der Waals surface area contributed by atoms with Gasteiger partial charge in [0.15, 0.2) is 0 Å². The Morgan fingerprint density at radius 1 is 0.397 bits per heavy atom. The number of nitrogens with zero attached hydrogens (tertiary/aromatic N) is 13. The molecule has 15 rings (SSSR count). The van der Waals surface area contributed by atoms with E-state index in [2.05, 4.69) is 181 Å². The summed E-state index contributed by atoms with van der Waals surface area (Å²) in [5.74, 6) is 9.05. The highest BCUT2D eigenvalue weighted by molar-refractivity contribution is 7.13. The van der Waals surface area contributed by atoms with Gasteiger partial charge < -0.3 is 20.4 Å². The zero-order chi connectivity index (χ0) is 90.1. The molecule has 7 aromatic rings. The standard InChI is InChI=1S/C28H41N3O.C27H40N4O.C27H47N3O.C26H39N3OS/c1-21(10-8-17-27(2,3)32)24-14-15-25-22(13-9-18-28(24,25)4)16-19-31-20-26(29-30-31)23-11-6-5-7-12-23;1-20(9-7-15-26(2,3)32)22-12-13-23-21(10-8-16-27(22,23)4)14-18-31-19-25(29-30-31)24-11-5-6-17-28-24;1-6-7-8-13-23-20-30(29-28-23)19-16-22-12-10-18-27(5)24(14-15-25(22)27)21(2)11-9-17-26(3,4)31;1-19(8-5-14-25(2,3)30)21-11-12-22-20(9-6-15-26(21,22)4)13-16-29-18-23(27-28-29)24-10-7-17-31-24/h5-7,11-12,16,20-21,24-25,32H,8-10,13-15,17-19H2,1-4H3;5-6,11,14,17,19-20,22-23,32H,7-10,12-13,15-16,18H2,1-4H3;16,20-21,24-25,31H,6-15,17-19H2,1-5H3;7,10,13,17-19,21-22,30H,5-6,8-9,11-12,14-16H2,1-4H3/b22-16+;21-14+;22-16+;20-13+/t21-,24-,25+,28-;20-,22-,23+,27-;21-,24-,25+,27-;19-,21-,22+,26-/m1111/s1. The molecule has 0 radical (unpaired) electrons. The number of thiophene rings is 1. The first-order chi connectivity index (χ1) is 60.0. The van der Waals surface area contributed by atoms with Crippen molar-refractivity contribution in [3.8, 4) is 33.2 Å². The number of aromatic nitrogens is 13. The third-order valence-electron chi connectivity index (χ3n) is 32.9. The molecule has 1 aromatic carbocycles. The molecule has 18 heteroatoms. The van der Waals surface area contributed by atoms with Crippen LogP contribution in [0, 0.1) is 92.7 Å². The second-order valence-electron chi connectivity index (χ2n) is 44.7. The van der Waals surface area contributed by atoms with Crippen LogP contribution in [0.15, 0.2) is 144 Å². The number of hydrogen-bond donors (Lipinski definition) is 4. The van der Waals surface area contributed by atoms with Crippen LogP contribution in [0.25, 0.3) is 33.2 Å². The maximum atomic E-state index is 10.1.